The van der Waals surface area contributed by atoms with Gasteiger partial charge in [-0.25, -0.2) is 0 Å². The Bertz CT molecular complexity index is 414. The van der Waals surface area contributed by atoms with Crippen LogP contribution in [0.15, 0.2) is 12.1 Å². The van der Waals surface area contributed by atoms with Gasteiger partial charge in [0.2, 0.25) is 0 Å². The average molecular weight is 252 g/mol. The van der Waals surface area contributed by atoms with Crippen LogP contribution >= 0.6 is 11.6 Å². The summed E-state index contributed by atoms with van der Waals surface area (Å²) >= 11 is 6.14. The number of hydrogen-bond donors (Lipinski definition) is 1. The molecule has 94 valence electrons. The predicted octanol–water partition coefficient (Wildman–Crippen LogP) is 4.39. The molecule has 0 spiro atoms. The monoisotopic (exact) mass is 251 g/mol. The van der Waals surface area contributed by atoms with Gasteiger partial charge in [0.25, 0.3) is 0 Å². The van der Waals surface area contributed by atoms with E-state index < -0.39 is 0 Å². The molecule has 1 aliphatic rings. The van der Waals surface area contributed by atoms with Crippen molar-refractivity contribution in [2.75, 3.05) is 0 Å². The molecular weight excluding hydrogens is 230 g/mol. The van der Waals surface area contributed by atoms with Crippen LogP contribution in [0.5, 0.6) is 0 Å². The largest absolute Gasteiger partial charge is 0.324 e. The summed E-state index contributed by atoms with van der Waals surface area (Å²) in [6, 6.07) is 4.39. The first-order chi connectivity index (χ1) is 8.00. The number of aryl methyl sites for hydroxylation is 2. The van der Waals surface area contributed by atoms with Crippen molar-refractivity contribution >= 4 is 11.6 Å². The molecule has 1 aromatic rings. The summed E-state index contributed by atoms with van der Waals surface area (Å²) in [6.07, 6.45) is 3.92. The zero-order valence-corrected chi connectivity index (χ0v) is 11.7. The molecule has 17 heavy (non-hydrogen) atoms. The lowest BCUT2D eigenvalue weighted by atomic mass is 9.84. The highest BCUT2D eigenvalue weighted by Gasteiger charge is 2.30. The highest BCUT2D eigenvalue weighted by molar-refractivity contribution is 6.31. The number of halogens is 1. The molecule has 3 atom stereocenters. The molecule has 1 aromatic carbocycles. The molecule has 3 unspecified atom stereocenters. The first-order valence-corrected chi connectivity index (χ1v) is 6.90. The Kier molecular flexibility index (Phi) is 3.79. The SMILES string of the molecule is Cc1cc(C(N)C2CCCC2C)c(C)cc1Cl. The summed E-state index contributed by atoms with van der Waals surface area (Å²) in [5, 5.41) is 0.845. The van der Waals surface area contributed by atoms with Crippen LogP contribution < -0.4 is 5.73 Å². The Hall–Kier alpha value is -0.530. The van der Waals surface area contributed by atoms with Crippen LogP contribution in [-0.4, -0.2) is 0 Å². The van der Waals surface area contributed by atoms with E-state index >= 15 is 0 Å². The molecule has 0 aromatic heterocycles. The van der Waals surface area contributed by atoms with E-state index in [0.29, 0.717) is 5.92 Å². The lowest BCUT2D eigenvalue weighted by molar-refractivity contribution is 0.350. The number of nitrogens with two attached hydrogens (primary N) is 1. The van der Waals surface area contributed by atoms with Gasteiger partial charge in [-0.3, -0.25) is 0 Å². The van der Waals surface area contributed by atoms with Gasteiger partial charge in [-0.15, -0.1) is 0 Å². The molecule has 2 rings (SSSR count). The van der Waals surface area contributed by atoms with Crippen molar-refractivity contribution in [1.29, 1.82) is 0 Å². The Morgan fingerprint density at radius 1 is 1.24 bits per heavy atom. The number of hydrogen-bond acceptors (Lipinski definition) is 1. The van der Waals surface area contributed by atoms with Crippen LogP contribution in [-0.2, 0) is 0 Å². The Morgan fingerprint density at radius 2 is 1.94 bits per heavy atom. The molecule has 0 radical (unpaired) electrons. The number of benzene rings is 1. The van der Waals surface area contributed by atoms with Crippen molar-refractivity contribution in [2.45, 2.75) is 46.1 Å². The molecule has 1 saturated carbocycles. The molecule has 0 amide bonds. The van der Waals surface area contributed by atoms with E-state index in [1.807, 2.05) is 6.07 Å². The first kappa shape index (κ1) is 12.9. The smallest absolute Gasteiger partial charge is 0.0438 e. The van der Waals surface area contributed by atoms with Crippen LogP contribution in [0.3, 0.4) is 0 Å². The molecule has 0 saturated heterocycles. The zero-order chi connectivity index (χ0) is 12.6. The molecule has 1 aliphatic carbocycles. The molecule has 0 bridgehead atoms. The minimum Gasteiger partial charge on any atom is -0.324 e. The Labute approximate surface area is 109 Å². The van der Waals surface area contributed by atoms with Gasteiger partial charge in [0, 0.05) is 11.1 Å². The summed E-state index contributed by atoms with van der Waals surface area (Å²) in [7, 11) is 0. The maximum Gasteiger partial charge on any atom is 0.0438 e. The lowest BCUT2D eigenvalue weighted by Crippen LogP contribution is -2.24. The molecule has 0 heterocycles. The fourth-order valence-corrected chi connectivity index (χ4v) is 3.32. The van der Waals surface area contributed by atoms with E-state index in [9.17, 15) is 0 Å². The quantitative estimate of drug-likeness (QED) is 0.829. The molecular formula is C15H22ClN. The Morgan fingerprint density at radius 3 is 2.53 bits per heavy atom. The third-order valence-electron chi connectivity index (χ3n) is 4.30. The zero-order valence-electron chi connectivity index (χ0n) is 11.0. The second-order valence-corrected chi connectivity index (χ2v) is 5.96. The van der Waals surface area contributed by atoms with E-state index in [0.717, 1.165) is 16.5 Å². The van der Waals surface area contributed by atoms with Gasteiger partial charge in [-0.2, -0.15) is 0 Å². The molecule has 2 N–H and O–H groups in total. The minimum atomic E-state index is 0.170. The van der Waals surface area contributed by atoms with Crippen molar-refractivity contribution in [3.05, 3.63) is 33.8 Å². The van der Waals surface area contributed by atoms with Crippen LogP contribution in [0.25, 0.3) is 0 Å². The van der Waals surface area contributed by atoms with Gasteiger partial charge >= 0.3 is 0 Å². The standard InChI is InChI=1S/C15H22ClN/c1-9-5-4-6-12(9)15(17)13-7-11(3)14(16)8-10(13)2/h7-9,12,15H,4-6,17H2,1-3H3. The highest BCUT2D eigenvalue weighted by atomic mass is 35.5. The van der Waals surface area contributed by atoms with Gasteiger partial charge < -0.3 is 5.73 Å². The average Bonchev–Trinajstić information content (AvgIpc) is 2.69. The van der Waals surface area contributed by atoms with Crippen molar-refractivity contribution in [1.82, 2.24) is 0 Å². The van der Waals surface area contributed by atoms with Gasteiger partial charge in [0.05, 0.1) is 0 Å². The second-order valence-electron chi connectivity index (χ2n) is 5.56. The normalized spacial score (nSPS) is 26.2. The third-order valence-corrected chi connectivity index (χ3v) is 4.70. The van der Waals surface area contributed by atoms with E-state index in [1.165, 1.54) is 30.4 Å². The molecule has 1 fully saturated rings. The van der Waals surface area contributed by atoms with Crippen LogP contribution in [0, 0.1) is 25.7 Å². The summed E-state index contributed by atoms with van der Waals surface area (Å²) in [5.74, 6) is 1.38. The van der Waals surface area contributed by atoms with Crippen molar-refractivity contribution in [3.8, 4) is 0 Å². The fraction of sp³-hybridized carbons (Fsp3) is 0.600. The predicted molar refractivity (Wildman–Crippen MR) is 74.4 cm³/mol. The van der Waals surface area contributed by atoms with E-state index in [2.05, 4.69) is 26.8 Å². The third kappa shape index (κ3) is 2.51. The van der Waals surface area contributed by atoms with E-state index in [1.54, 1.807) is 0 Å². The van der Waals surface area contributed by atoms with Crippen molar-refractivity contribution < 1.29 is 0 Å². The molecule has 2 heteroatoms. The lowest BCUT2D eigenvalue weighted by Gasteiger charge is -2.25. The summed E-state index contributed by atoms with van der Waals surface area (Å²) in [5.41, 5.74) is 10.1. The van der Waals surface area contributed by atoms with Gasteiger partial charge in [-0.05, 0) is 54.9 Å². The first-order valence-electron chi connectivity index (χ1n) is 6.53. The van der Waals surface area contributed by atoms with Crippen molar-refractivity contribution in [2.24, 2.45) is 17.6 Å². The van der Waals surface area contributed by atoms with E-state index in [4.69, 9.17) is 17.3 Å². The Balaban J connectivity index is 2.30. The summed E-state index contributed by atoms with van der Waals surface area (Å²) < 4.78 is 0. The summed E-state index contributed by atoms with van der Waals surface area (Å²) in [4.78, 5) is 0. The van der Waals surface area contributed by atoms with Crippen LogP contribution in [0.2, 0.25) is 5.02 Å². The van der Waals surface area contributed by atoms with Gasteiger partial charge in [-0.1, -0.05) is 37.4 Å². The maximum atomic E-state index is 6.47. The second kappa shape index (κ2) is 4.99. The highest BCUT2D eigenvalue weighted by Crippen LogP contribution is 2.40. The van der Waals surface area contributed by atoms with Gasteiger partial charge in [0.15, 0.2) is 0 Å². The van der Waals surface area contributed by atoms with E-state index in [-0.39, 0.29) is 6.04 Å². The molecule has 0 aliphatic heterocycles. The maximum absolute atomic E-state index is 6.47. The van der Waals surface area contributed by atoms with Gasteiger partial charge in [0.1, 0.15) is 0 Å². The minimum absolute atomic E-state index is 0.170. The summed E-state index contributed by atoms with van der Waals surface area (Å²) in [6.45, 7) is 6.49. The molecule has 1 nitrogen and oxygen atoms in total. The topological polar surface area (TPSA) is 26.0 Å². The fourth-order valence-electron chi connectivity index (χ4n) is 3.10. The number of rotatable bonds is 2. The van der Waals surface area contributed by atoms with Crippen LogP contribution in [0.1, 0.15) is 48.9 Å². The van der Waals surface area contributed by atoms with Crippen molar-refractivity contribution in [3.63, 3.8) is 0 Å². The van der Waals surface area contributed by atoms with Crippen LogP contribution in [0.4, 0.5) is 0 Å².